The zero-order valence-corrected chi connectivity index (χ0v) is 9.93. The van der Waals surface area contributed by atoms with Crippen molar-refractivity contribution in [3.8, 4) is 0 Å². The van der Waals surface area contributed by atoms with Crippen LogP contribution in [-0.2, 0) is 0 Å². The third-order valence-corrected chi connectivity index (χ3v) is 2.41. The summed E-state index contributed by atoms with van der Waals surface area (Å²) in [6.07, 6.45) is 0.936. The number of thiocarbonyl (C=S) groups is 1. The molecule has 8 heteroatoms. The molecule has 3 nitrogen and oxygen atoms in total. The molecule has 0 aromatic heterocycles. The summed E-state index contributed by atoms with van der Waals surface area (Å²) in [6, 6.07) is 0.775. The van der Waals surface area contributed by atoms with Crippen LogP contribution < -0.4 is 11.2 Å². The Morgan fingerprint density at radius 1 is 1.50 bits per heavy atom. The maximum atomic E-state index is 13.3. The molecule has 1 aromatic rings. The van der Waals surface area contributed by atoms with E-state index in [1.54, 1.807) is 0 Å². The highest BCUT2D eigenvalue weighted by atomic mass is 35.5. The van der Waals surface area contributed by atoms with Crippen LogP contribution in [0.4, 0.5) is 8.78 Å². The number of nitrogens with one attached hydrogen (secondary N) is 1. The fraction of sp³-hybridized carbons (Fsp3) is 0. The van der Waals surface area contributed by atoms with E-state index in [1.165, 1.54) is 0 Å². The molecule has 0 fully saturated rings. The van der Waals surface area contributed by atoms with Crippen molar-refractivity contribution in [3.63, 3.8) is 0 Å². The minimum Gasteiger partial charge on any atom is -0.375 e. The van der Waals surface area contributed by atoms with E-state index in [0.717, 1.165) is 12.3 Å². The summed E-state index contributed by atoms with van der Waals surface area (Å²) in [5, 5.41) is 3.08. The van der Waals surface area contributed by atoms with E-state index in [2.05, 4.69) is 22.7 Å². The molecular formula is C8H5Cl2F2N3S. The van der Waals surface area contributed by atoms with Crippen molar-refractivity contribution < 1.29 is 8.78 Å². The van der Waals surface area contributed by atoms with Crippen LogP contribution in [0.25, 0.3) is 0 Å². The van der Waals surface area contributed by atoms with Crippen LogP contribution in [-0.4, -0.2) is 11.3 Å². The molecule has 0 aliphatic carbocycles. The zero-order valence-electron chi connectivity index (χ0n) is 7.60. The molecule has 0 bridgehead atoms. The summed E-state index contributed by atoms with van der Waals surface area (Å²) in [5.41, 5.74) is 6.97. The fourth-order valence-electron chi connectivity index (χ4n) is 0.865. The number of benzene rings is 1. The SMILES string of the molecule is NC(=S)NN=Cc1c(F)c(F)cc(Cl)c1Cl. The van der Waals surface area contributed by atoms with Crippen molar-refractivity contribution in [1.82, 2.24) is 5.43 Å². The van der Waals surface area contributed by atoms with Crippen LogP contribution >= 0.6 is 35.4 Å². The molecule has 0 heterocycles. The van der Waals surface area contributed by atoms with Gasteiger partial charge < -0.3 is 5.73 Å². The molecule has 0 aliphatic heterocycles. The second-order valence-electron chi connectivity index (χ2n) is 2.62. The second kappa shape index (κ2) is 5.38. The largest absolute Gasteiger partial charge is 0.375 e. The van der Waals surface area contributed by atoms with Gasteiger partial charge in [-0.1, -0.05) is 23.2 Å². The summed E-state index contributed by atoms with van der Waals surface area (Å²) in [5.74, 6) is -2.27. The number of hydrogen-bond donors (Lipinski definition) is 2. The Labute approximate surface area is 105 Å². The highest BCUT2D eigenvalue weighted by molar-refractivity contribution is 7.80. The summed E-state index contributed by atoms with van der Waals surface area (Å²) < 4.78 is 26.2. The van der Waals surface area contributed by atoms with Gasteiger partial charge in [0.15, 0.2) is 16.7 Å². The number of rotatable bonds is 2. The predicted octanol–water partition coefficient (Wildman–Crippen LogP) is 2.44. The molecular weight excluding hydrogens is 279 g/mol. The summed E-state index contributed by atoms with van der Waals surface area (Å²) in [4.78, 5) is 0. The van der Waals surface area contributed by atoms with Crippen LogP contribution in [0.5, 0.6) is 0 Å². The molecule has 1 rings (SSSR count). The molecule has 0 aliphatic rings. The van der Waals surface area contributed by atoms with Gasteiger partial charge in [-0.05, 0) is 18.3 Å². The Morgan fingerprint density at radius 2 is 2.12 bits per heavy atom. The highest BCUT2D eigenvalue weighted by Gasteiger charge is 2.14. The second-order valence-corrected chi connectivity index (χ2v) is 3.84. The van der Waals surface area contributed by atoms with Gasteiger partial charge in [0.05, 0.1) is 21.8 Å². The highest BCUT2D eigenvalue weighted by Crippen LogP contribution is 2.28. The topological polar surface area (TPSA) is 50.4 Å². The first kappa shape index (κ1) is 13.1. The fourth-order valence-corrected chi connectivity index (χ4v) is 1.30. The number of hydrogen-bond acceptors (Lipinski definition) is 2. The van der Waals surface area contributed by atoms with Crippen molar-refractivity contribution in [2.75, 3.05) is 0 Å². The van der Waals surface area contributed by atoms with Crippen LogP contribution in [0.1, 0.15) is 5.56 Å². The maximum absolute atomic E-state index is 13.3. The lowest BCUT2D eigenvalue weighted by Crippen LogP contribution is -2.24. The molecule has 0 unspecified atom stereocenters. The van der Waals surface area contributed by atoms with Gasteiger partial charge in [0, 0.05) is 0 Å². The van der Waals surface area contributed by atoms with Crippen molar-refractivity contribution in [2.45, 2.75) is 0 Å². The first-order chi connectivity index (χ1) is 7.43. The van der Waals surface area contributed by atoms with Crippen LogP contribution in [0.3, 0.4) is 0 Å². The van der Waals surface area contributed by atoms with E-state index >= 15 is 0 Å². The lowest BCUT2D eigenvalue weighted by atomic mass is 10.2. The van der Waals surface area contributed by atoms with Crippen LogP contribution in [0.15, 0.2) is 11.2 Å². The molecule has 3 N–H and O–H groups in total. The van der Waals surface area contributed by atoms with Gasteiger partial charge in [0.25, 0.3) is 0 Å². The average molecular weight is 284 g/mol. The molecule has 0 amide bonds. The van der Waals surface area contributed by atoms with Gasteiger partial charge in [0.2, 0.25) is 0 Å². The van der Waals surface area contributed by atoms with Gasteiger partial charge in [-0.15, -0.1) is 0 Å². The standard InChI is InChI=1S/C8H5Cl2F2N3S/c9-4-1-5(11)7(12)3(6(4)10)2-14-15-8(13)16/h1-2H,(H3,13,15,16). The smallest absolute Gasteiger partial charge is 0.184 e. The zero-order chi connectivity index (χ0) is 12.3. The third kappa shape index (κ3) is 3.01. The average Bonchev–Trinajstić information content (AvgIpc) is 2.20. The van der Waals surface area contributed by atoms with E-state index in [-0.39, 0.29) is 20.7 Å². The molecule has 0 spiro atoms. The first-order valence-corrected chi connectivity index (χ1v) is 5.01. The molecule has 0 saturated heterocycles. The Hall–Kier alpha value is -0.980. The van der Waals surface area contributed by atoms with E-state index in [9.17, 15) is 8.78 Å². The molecule has 0 radical (unpaired) electrons. The van der Waals surface area contributed by atoms with E-state index in [4.69, 9.17) is 28.9 Å². The van der Waals surface area contributed by atoms with Crippen LogP contribution in [0.2, 0.25) is 10.0 Å². The molecule has 16 heavy (non-hydrogen) atoms. The number of nitrogens with two attached hydrogens (primary N) is 1. The van der Waals surface area contributed by atoms with E-state index in [1.807, 2.05) is 0 Å². The first-order valence-electron chi connectivity index (χ1n) is 3.85. The third-order valence-electron chi connectivity index (χ3n) is 1.51. The normalized spacial score (nSPS) is 10.8. The van der Waals surface area contributed by atoms with Crippen LogP contribution in [0, 0.1) is 11.6 Å². The number of hydrazone groups is 1. The van der Waals surface area contributed by atoms with Crippen molar-refractivity contribution in [1.29, 1.82) is 0 Å². The molecule has 86 valence electrons. The van der Waals surface area contributed by atoms with Crippen molar-refractivity contribution in [3.05, 3.63) is 33.3 Å². The minimum absolute atomic E-state index is 0.114. The molecule has 0 saturated carbocycles. The Bertz CT molecular complexity index is 439. The van der Waals surface area contributed by atoms with E-state index < -0.39 is 11.6 Å². The maximum Gasteiger partial charge on any atom is 0.184 e. The van der Waals surface area contributed by atoms with Gasteiger partial charge in [-0.25, -0.2) is 8.78 Å². The lowest BCUT2D eigenvalue weighted by molar-refractivity contribution is 0.507. The number of halogens is 4. The monoisotopic (exact) mass is 283 g/mol. The quantitative estimate of drug-likeness (QED) is 0.379. The lowest BCUT2D eigenvalue weighted by Gasteiger charge is -2.03. The molecule has 0 atom stereocenters. The number of nitrogens with zero attached hydrogens (tertiary/aromatic N) is 1. The Balaban J connectivity index is 3.12. The Kier molecular flexibility index (Phi) is 4.40. The van der Waals surface area contributed by atoms with Gasteiger partial charge in [-0.2, -0.15) is 5.10 Å². The summed E-state index contributed by atoms with van der Waals surface area (Å²) in [7, 11) is 0. The van der Waals surface area contributed by atoms with Crippen molar-refractivity contribution in [2.24, 2.45) is 10.8 Å². The summed E-state index contributed by atoms with van der Waals surface area (Å²) >= 11 is 15.7. The van der Waals surface area contributed by atoms with Gasteiger partial charge in [-0.3, -0.25) is 5.43 Å². The molecule has 1 aromatic carbocycles. The predicted molar refractivity (Wildman–Crippen MR) is 63.9 cm³/mol. The minimum atomic E-state index is -1.15. The Morgan fingerprint density at radius 3 is 2.69 bits per heavy atom. The summed E-state index contributed by atoms with van der Waals surface area (Å²) in [6.45, 7) is 0. The van der Waals surface area contributed by atoms with E-state index in [0.29, 0.717) is 0 Å². The van der Waals surface area contributed by atoms with Gasteiger partial charge >= 0.3 is 0 Å². The van der Waals surface area contributed by atoms with Crippen molar-refractivity contribution >= 4 is 46.7 Å². The van der Waals surface area contributed by atoms with Gasteiger partial charge in [0.1, 0.15) is 0 Å².